The van der Waals surface area contributed by atoms with E-state index in [1.807, 2.05) is 42.3 Å². The average Bonchev–Trinajstić information content (AvgIpc) is 3.03. The van der Waals surface area contributed by atoms with Gasteiger partial charge in [-0.3, -0.25) is 4.79 Å². The number of piperidine rings is 1. The van der Waals surface area contributed by atoms with Crippen LogP contribution in [0.15, 0.2) is 35.4 Å². The molecule has 1 atom stereocenters. The first-order chi connectivity index (χ1) is 13.1. The van der Waals surface area contributed by atoms with Gasteiger partial charge in [0.1, 0.15) is 11.6 Å². The molecule has 4 rings (SSSR count). The SMILES string of the molecule is COc1cccc(SCC(=O)N2CCCC3(CCc4cnc(C)nc43)C2)c1. The van der Waals surface area contributed by atoms with Gasteiger partial charge in [0.25, 0.3) is 0 Å². The molecule has 0 N–H and O–H groups in total. The van der Waals surface area contributed by atoms with Gasteiger partial charge < -0.3 is 9.64 Å². The Hall–Kier alpha value is -2.08. The van der Waals surface area contributed by atoms with Gasteiger partial charge in [-0.05, 0) is 56.4 Å². The lowest BCUT2D eigenvalue weighted by molar-refractivity contribution is -0.130. The van der Waals surface area contributed by atoms with E-state index >= 15 is 0 Å². The van der Waals surface area contributed by atoms with Gasteiger partial charge in [-0.15, -0.1) is 11.8 Å². The third-order valence-electron chi connectivity index (χ3n) is 5.69. The van der Waals surface area contributed by atoms with Crippen molar-refractivity contribution in [3.63, 3.8) is 0 Å². The molecule has 1 spiro atoms. The molecule has 1 amide bonds. The Morgan fingerprint density at radius 3 is 3.11 bits per heavy atom. The molecule has 5 nitrogen and oxygen atoms in total. The summed E-state index contributed by atoms with van der Waals surface area (Å²) in [6.07, 6.45) is 6.23. The molecule has 1 saturated heterocycles. The van der Waals surface area contributed by atoms with Crippen LogP contribution >= 0.6 is 11.8 Å². The van der Waals surface area contributed by atoms with Crippen LogP contribution in [-0.2, 0) is 16.6 Å². The van der Waals surface area contributed by atoms with Crippen LogP contribution in [0, 0.1) is 6.92 Å². The van der Waals surface area contributed by atoms with Crippen LogP contribution in [0.4, 0.5) is 0 Å². The topological polar surface area (TPSA) is 55.3 Å². The highest BCUT2D eigenvalue weighted by Crippen LogP contribution is 2.44. The largest absolute Gasteiger partial charge is 0.497 e. The molecule has 142 valence electrons. The summed E-state index contributed by atoms with van der Waals surface area (Å²) in [6.45, 7) is 3.58. The molecule has 0 saturated carbocycles. The molecule has 2 aliphatic rings. The second-order valence-corrected chi connectivity index (χ2v) is 8.51. The van der Waals surface area contributed by atoms with E-state index in [1.54, 1.807) is 18.9 Å². The lowest BCUT2D eigenvalue weighted by atomic mass is 9.77. The van der Waals surface area contributed by atoms with Gasteiger partial charge in [0.15, 0.2) is 0 Å². The number of nitrogens with zero attached hydrogens (tertiary/aromatic N) is 3. The predicted octanol–water partition coefficient (Wildman–Crippen LogP) is 3.39. The van der Waals surface area contributed by atoms with Crippen molar-refractivity contribution in [2.24, 2.45) is 0 Å². The van der Waals surface area contributed by atoms with Gasteiger partial charge >= 0.3 is 0 Å². The molecule has 2 aromatic rings. The van der Waals surface area contributed by atoms with Crippen molar-refractivity contribution >= 4 is 17.7 Å². The van der Waals surface area contributed by atoms with E-state index in [9.17, 15) is 4.79 Å². The molecule has 1 aliphatic carbocycles. The number of ether oxygens (including phenoxy) is 1. The second kappa shape index (κ2) is 7.50. The van der Waals surface area contributed by atoms with Crippen LogP contribution in [0.5, 0.6) is 5.75 Å². The Kier molecular flexibility index (Phi) is 5.08. The number of hydrogen-bond acceptors (Lipinski definition) is 5. The van der Waals surface area contributed by atoms with E-state index in [0.29, 0.717) is 5.75 Å². The molecule has 27 heavy (non-hydrogen) atoms. The molecule has 0 radical (unpaired) electrons. The summed E-state index contributed by atoms with van der Waals surface area (Å²) in [7, 11) is 1.66. The lowest BCUT2D eigenvalue weighted by Crippen LogP contribution is -2.48. The molecular weight excluding hydrogens is 358 g/mol. The van der Waals surface area contributed by atoms with Gasteiger partial charge in [-0.1, -0.05) is 6.07 Å². The summed E-state index contributed by atoms with van der Waals surface area (Å²) in [5, 5.41) is 0. The van der Waals surface area contributed by atoms with Gasteiger partial charge in [0.05, 0.1) is 18.6 Å². The fraction of sp³-hybridized carbons (Fsp3) is 0.476. The first-order valence-corrected chi connectivity index (χ1v) is 10.5. The van der Waals surface area contributed by atoms with Crippen molar-refractivity contribution in [1.29, 1.82) is 0 Å². The molecule has 1 unspecified atom stereocenters. The minimum absolute atomic E-state index is 0.0254. The summed E-state index contributed by atoms with van der Waals surface area (Å²) in [4.78, 5) is 25.1. The van der Waals surface area contributed by atoms with E-state index in [0.717, 1.165) is 55.2 Å². The number of thioether (sulfide) groups is 1. The van der Waals surface area contributed by atoms with Gasteiger partial charge in [-0.2, -0.15) is 0 Å². The number of rotatable bonds is 4. The summed E-state index contributed by atoms with van der Waals surface area (Å²) >= 11 is 1.57. The van der Waals surface area contributed by atoms with Crippen LogP contribution in [-0.4, -0.2) is 46.7 Å². The number of benzene rings is 1. The molecule has 2 heterocycles. The summed E-state index contributed by atoms with van der Waals surface area (Å²) < 4.78 is 5.26. The van der Waals surface area contributed by atoms with Crippen LogP contribution < -0.4 is 4.74 Å². The Morgan fingerprint density at radius 2 is 2.26 bits per heavy atom. The number of likely N-dealkylation sites (tertiary alicyclic amines) is 1. The zero-order chi connectivity index (χ0) is 18.9. The van der Waals surface area contributed by atoms with Gasteiger partial charge in [0, 0.05) is 29.6 Å². The second-order valence-electron chi connectivity index (χ2n) is 7.46. The summed E-state index contributed by atoms with van der Waals surface area (Å²) in [5.41, 5.74) is 2.48. The monoisotopic (exact) mass is 383 g/mol. The van der Waals surface area contributed by atoms with E-state index < -0.39 is 0 Å². The van der Waals surface area contributed by atoms with Crippen molar-refractivity contribution in [3.8, 4) is 5.75 Å². The Labute approximate surface area is 164 Å². The molecule has 1 aromatic heterocycles. The third-order valence-corrected chi connectivity index (χ3v) is 6.67. The molecular formula is C21H25N3O2S. The third kappa shape index (κ3) is 3.68. The Morgan fingerprint density at radius 1 is 1.37 bits per heavy atom. The smallest absolute Gasteiger partial charge is 0.232 e. The zero-order valence-corrected chi connectivity index (χ0v) is 16.7. The van der Waals surface area contributed by atoms with Crippen LogP contribution in [0.2, 0.25) is 0 Å². The first kappa shape index (κ1) is 18.3. The minimum atomic E-state index is 0.0254. The minimum Gasteiger partial charge on any atom is -0.497 e. The highest BCUT2D eigenvalue weighted by molar-refractivity contribution is 8.00. The van der Waals surface area contributed by atoms with Crippen LogP contribution in [0.1, 0.15) is 36.3 Å². The standard InChI is InChI=1S/C21H25N3O2S/c1-15-22-12-16-7-9-21(20(16)23-15)8-4-10-24(14-21)19(25)13-27-18-6-3-5-17(11-18)26-2/h3,5-6,11-12H,4,7-10,13-14H2,1-2H3. The number of amides is 1. The van der Waals surface area contributed by atoms with E-state index in [-0.39, 0.29) is 11.3 Å². The summed E-state index contributed by atoms with van der Waals surface area (Å²) in [6, 6.07) is 7.87. The predicted molar refractivity (Wildman–Crippen MR) is 106 cm³/mol. The number of carbonyl (C=O) groups is 1. The van der Waals surface area contributed by atoms with Crippen LogP contribution in [0.3, 0.4) is 0 Å². The quantitative estimate of drug-likeness (QED) is 0.758. The number of carbonyl (C=O) groups excluding carboxylic acids is 1. The molecule has 6 heteroatoms. The maximum atomic E-state index is 12.9. The summed E-state index contributed by atoms with van der Waals surface area (Å²) in [5.74, 6) is 2.31. The van der Waals surface area contributed by atoms with E-state index in [2.05, 4.69) is 4.98 Å². The van der Waals surface area contributed by atoms with Crippen molar-refractivity contribution in [2.75, 3.05) is 26.0 Å². The lowest BCUT2D eigenvalue weighted by Gasteiger charge is -2.40. The van der Waals surface area contributed by atoms with Crippen molar-refractivity contribution in [2.45, 2.75) is 42.9 Å². The van der Waals surface area contributed by atoms with Crippen molar-refractivity contribution < 1.29 is 9.53 Å². The van der Waals surface area contributed by atoms with E-state index in [1.165, 1.54) is 11.3 Å². The van der Waals surface area contributed by atoms with Crippen molar-refractivity contribution in [1.82, 2.24) is 14.9 Å². The Balaban J connectivity index is 1.44. The molecule has 1 aromatic carbocycles. The maximum absolute atomic E-state index is 12.9. The number of methoxy groups -OCH3 is 1. The Bertz CT molecular complexity index is 853. The van der Waals surface area contributed by atoms with Gasteiger partial charge in [-0.25, -0.2) is 9.97 Å². The first-order valence-electron chi connectivity index (χ1n) is 9.47. The zero-order valence-electron chi connectivity index (χ0n) is 15.9. The molecule has 0 bridgehead atoms. The highest BCUT2D eigenvalue weighted by Gasteiger charge is 2.44. The number of hydrogen-bond donors (Lipinski definition) is 0. The number of fused-ring (bicyclic) bond motifs is 2. The number of aryl methyl sites for hydroxylation is 2. The van der Waals surface area contributed by atoms with E-state index in [4.69, 9.17) is 9.72 Å². The number of aromatic nitrogens is 2. The van der Waals surface area contributed by atoms with Crippen molar-refractivity contribution in [3.05, 3.63) is 47.5 Å². The fourth-order valence-electron chi connectivity index (χ4n) is 4.30. The maximum Gasteiger partial charge on any atom is 0.232 e. The average molecular weight is 384 g/mol. The van der Waals surface area contributed by atoms with Crippen LogP contribution in [0.25, 0.3) is 0 Å². The molecule has 1 fully saturated rings. The van der Waals surface area contributed by atoms with Gasteiger partial charge in [0.2, 0.25) is 5.91 Å². The highest BCUT2D eigenvalue weighted by atomic mass is 32.2. The molecule has 1 aliphatic heterocycles. The fourth-order valence-corrected chi connectivity index (χ4v) is 5.15. The normalized spacial score (nSPS) is 21.3.